The molecule has 3 rings (SSSR count). The van der Waals surface area contributed by atoms with Gasteiger partial charge in [-0.3, -0.25) is 9.69 Å². The first-order valence-corrected chi connectivity index (χ1v) is 9.65. The Morgan fingerprint density at radius 3 is 2.13 bits per heavy atom. The van der Waals surface area contributed by atoms with Gasteiger partial charge in [-0.1, -0.05) is 11.6 Å². The van der Waals surface area contributed by atoms with E-state index < -0.39 is 5.97 Å². The Hall–Kier alpha value is -3.45. The van der Waals surface area contributed by atoms with Crippen molar-refractivity contribution in [2.24, 2.45) is 0 Å². The van der Waals surface area contributed by atoms with Crippen molar-refractivity contribution in [2.75, 3.05) is 33.3 Å². The fraction of sp³-hybridized carbons (Fsp3) is 0.217. The molecule has 31 heavy (non-hydrogen) atoms. The van der Waals surface area contributed by atoms with Crippen LogP contribution in [-0.4, -0.2) is 40.3 Å². The van der Waals surface area contributed by atoms with Crippen molar-refractivity contribution in [3.8, 4) is 17.2 Å². The highest BCUT2D eigenvalue weighted by Gasteiger charge is 2.38. The molecule has 1 aliphatic heterocycles. The van der Waals surface area contributed by atoms with Crippen molar-refractivity contribution in [3.05, 3.63) is 63.8 Å². The molecule has 1 amide bonds. The number of carbonyl (C=O) groups excluding carboxylic acids is 2. The van der Waals surface area contributed by atoms with Gasteiger partial charge in [0.05, 0.1) is 39.6 Å². The van der Waals surface area contributed by atoms with Crippen molar-refractivity contribution < 1.29 is 28.5 Å². The van der Waals surface area contributed by atoms with Gasteiger partial charge in [0, 0.05) is 22.0 Å². The predicted octanol–water partition coefficient (Wildman–Crippen LogP) is 4.24. The number of ether oxygens (including phenoxy) is 4. The van der Waals surface area contributed by atoms with Gasteiger partial charge in [0.1, 0.15) is 0 Å². The lowest BCUT2D eigenvalue weighted by Crippen LogP contribution is -2.24. The van der Waals surface area contributed by atoms with E-state index in [0.717, 1.165) is 0 Å². The minimum Gasteiger partial charge on any atom is -0.493 e. The van der Waals surface area contributed by atoms with E-state index in [-0.39, 0.29) is 17.1 Å². The van der Waals surface area contributed by atoms with E-state index in [4.69, 9.17) is 30.5 Å². The number of anilines is 1. The van der Waals surface area contributed by atoms with Crippen LogP contribution in [0.3, 0.4) is 0 Å². The summed E-state index contributed by atoms with van der Waals surface area (Å²) in [7, 11) is 5.76. The quantitative estimate of drug-likeness (QED) is 0.491. The van der Waals surface area contributed by atoms with E-state index in [2.05, 4.69) is 0 Å². The highest BCUT2D eigenvalue weighted by Crippen LogP contribution is 2.42. The summed E-state index contributed by atoms with van der Waals surface area (Å²) in [5, 5.41) is 0.538. The molecule has 0 saturated carbocycles. The molecule has 162 valence electrons. The molecule has 2 aromatic carbocycles. The lowest BCUT2D eigenvalue weighted by molar-refractivity contribution is -0.136. The van der Waals surface area contributed by atoms with E-state index >= 15 is 0 Å². The number of halogens is 1. The second-order valence-electron chi connectivity index (χ2n) is 6.55. The summed E-state index contributed by atoms with van der Waals surface area (Å²) >= 11 is 5.98. The van der Waals surface area contributed by atoms with Gasteiger partial charge in [-0.25, -0.2) is 4.79 Å². The average Bonchev–Trinajstić information content (AvgIpc) is 3.02. The molecule has 0 saturated heterocycles. The Morgan fingerprint density at radius 2 is 1.58 bits per heavy atom. The van der Waals surface area contributed by atoms with Crippen molar-refractivity contribution in [1.29, 1.82) is 0 Å². The van der Waals surface area contributed by atoms with Gasteiger partial charge in [-0.2, -0.15) is 0 Å². The van der Waals surface area contributed by atoms with Gasteiger partial charge in [0.2, 0.25) is 5.75 Å². The molecule has 0 fully saturated rings. The first kappa shape index (κ1) is 22.2. The van der Waals surface area contributed by atoms with Crippen LogP contribution in [0, 0.1) is 0 Å². The largest absolute Gasteiger partial charge is 0.493 e. The lowest BCUT2D eigenvalue weighted by atomic mass is 10.0. The van der Waals surface area contributed by atoms with Crippen LogP contribution in [0.25, 0.3) is 6.08 Å². The van der Waals surface area contributed by atoms with Crippen molar-refractivity contribution >= 4 is 35.2 Å². The summed E-state index contributed by atoms with van der Waals surface area (Å²) < 4.78 is 21.2. The molecule has 0 atom stereocenters. The molecule has 0 radical (unpaired) electrons. The molecule has 0 bridgehead atoms. The third kappa shape index (κ3) is 3.96. The molecule has 0 aromatic heterocycles. The number of methoxy groups -OCH3 is 4. The number of allylic oxidation sites excluding steroid dienone is 1. The molecule has 1 aliphatic rings. The van der Waals surface area contributed by atoms with Crippen LogP contribution >= 0.6 is 11.6 Å². The summed E-state index contributed by atoms with van der Waals surface area (Å²) in [5.41, 5.74) is 1.90. The highest BCUT2D eigenvalue weighted by atomic mass is 35.5. The SMILES string of the molecule is COC(=O)C1=C(C)N(c2ccc(Cl)cc2)C(=O)/C1=C\c1ccc(OC)c(OC)c1OC. The molecular weight excluding hydrogens is 422 g/mol. The van der Waals surface area contributed by atoms with Gasteiger partial charge in [-0.05, 0) is 49.4 Å². The minimum absolute atomic E-state index is 0.166. The number of esters is 1. The number of hydrogen-bond acceptors (Lipinski definition) is 6. The Balaban J connectivity index is 2.20. The molecule has 2 aromatic rings. The van der Waals surface area contributed by atoms with E-state index in [0.29, 0.717) is 39.2 Å². The number of carbonyl (C=O) groups is 2. The average molecular weight is 444 g/mol. The Bertz CT molecular complexity index is 1090. The predicted molar refractivity (Wildman–Crippen MR) is 118 cm³/mol. The van der Waals surface area contributed by atoms with Gasteiger partial charge >= 0.3 is 5.97 Å². The smallest absolute Gasteiger partial charge is 0.340 e. The molecule has 1 heterocycles. The zero-order valence-corrected chi connectivity index (χ0v) is 18.6. The lowest BCUT2D eigenvalue weighted by Gasteiger charge is -2.18. The summed E-state index contributed by atoms with van der Waals surface area (Å²) in [6.45, 7) is 1.69. The van der Waals surface area contributed by atoms with Gasteiger partial charge < -0.3 is 18.9 Å². The fourth-order valence-electron chi connectivity index (χ4n) is 3.47. The second kappa shape index (κ2) is 9.14. The van der Waals surface area contributed by atoms with Crippen molar-refractivity contribution in [3.63, 3.8) is 0 Å². The van der Waals surface area contributed by atoms with Crippen LogP contribution in [0.5, 0.6) is 17.2 Å². The number of nitrogens with zero attached hydrogens (tertiary/aromatic N) is 1. The van der Waals surface area contributed by atoms with Gasteiger partial charge in [0.15, 0.2) is 11.5 Å². The minimum atomic E-state index is -0.618. The van der Waals surface area contributed by atoms with Crippen molar-refractivity contribution in [1.82, 2.24) is 0 Å². The van der Waals surface area contributed by atoms with Crippen LogP contribution in [0.2, 0.25) is 5.02 Å². The summed E-state index contributed by atoms with van der Waals surface area (Å²) in [6.07, 6.45) is 1.58. The van der Waals surface area contributed by atoms with Crippen LogP contribution in [-0.2, 0) is 14.3 Å². The normalized spacial score (nSPS) is 14.8. The van der Waals surface area contributed by atoms with Gasteiger partial charge in [0.25, 0.3) is 5.91 Å². The van der Waals surface area contributed by atoms with E-state index in [1.165, 1.54) is 33.3 Å². The molecule has 0 N–H and O–H groups in total. The first-order chi connectivity index (χ1) is 14.9. The van der Waals surface area contributed by atoms with Crippen molar-refractivity contribution in [2.45, 2.75) is 6.92 Å². The third-order valence-corrected chi connectivity index (χ3v) is 5.16. The summed E-state index contributed by atoms with van der Waals surface area (Å²) in [4.78, 5) is 27.4. The van der Waals surface area contributed by atoms with E-state index in [9.17, 15) is 9.59 Å². The van der Waals surface area contributed by atoms with E-state index in [1.54, 1.807) is 49.4 Å². The number of amides is 1. The van der Waals surface area contributed by atoms with Crippen LogP contribution in [0.4, 0.5) is 5.69 Å². The Morgan fingerprint density at radius 1 is 0.935 bits per heavy atom. The van der Waals surface area contributed by atoms with Crippen LogP contribution in [0.1, 0.15) is 12.5 Å². The standard InChI is InChI=1S/C23H22ClNO6/c1-13-19(23(27)31-5)17(22(26)25(13)16-9-7-15(24)8-10-16)12-14-6-11-18(28-2)21(30-4)20(14)29-3/h6-12H,1-5H3/b17-12-. The van der Waals surface area contributed by atoms with Crippen LogP contribution < -0.4 is 19.1 Å². The zero-order chi connectivity index (χ0) is 22.7. The summed E-state index contributed by atoms with van der Waals surface area (Å²) in [6, 6.07) is 10.2. The summed E-state index contributed by atoms with van der Waals surface area (Å²) in [5.74, 6) is 0.223. The first-order valence-electron chi connectivity index (χ1n) is 9.28. The third-order valence-electron chi connectivity index (χ3n) is 4.91. The van der Waals surface area contributed by atoms with Gasteiger partial charge in [-0.15, -0.1) is 0 Å². The molecular formula is C23H22ClNO6. The Labute approximate surface area is 185 Å². The topological polar surface area (TPSA) is 74.3 Å². The van der Waals surface area contributed by atoms with Crippen LogP contribution in [0.15, 0.2) is 53.2 Å². The molecule has 7 nitrogen and oxygen atoms in total. The maximum atomic E-state index is 13.4. The molecule has 0 unspecified atom stereocenters. The molecule has 8 heteroatoms. The number of rotatable bonds is 6. The van der Waals surface area contributed by atoms with E-state index in [1.807, 2.05) is 0 Å². The number of benzene rings is 2. The highest BCUT2D eigenvalue weighted by molar-refractivity contribution is 6.30. The second-order valence-corrected chi connectivity index (χ2v) is 6.99. The fourth-order valence-corrected chi connectivity index (χ4v) is 3.60. The monoisotopic (exact) mass is 443 g/mol. The Kier molecular flexibility index (Phi) is 6.56. The zero-order valence-electron chi connectivity index (χ0n) is 17.8. The molecule has 0 aliphatic carbocycles. The maximum Gasteiger partial charge on any atom is 0.340 e. The maximum absolute atomic E-state index is 13.4. The number of hydrogen-bond donors (Lipinski definition) is 0. The molecule has 0 spiro atoms.